The minimum absolute atomic E-state index is 0.164. The van der Waals surface area contributed by atoms with E-state index < -0.39 is 0 Å². The van der Waals surface area contributed by atoms with Gasteiger partial charge in [0.25, 0.3) is 0 Å². The summed E-state index contributed by atoms with van der Waals surface area (Å²) in [6, 6.07) is 0. The number of hydrogen-bond acceptors (Lipinski definition) is 4. The van der Waals surface area contributed by atoms with Crippen LogP contribution in [0.2, 0.25) is 0 Å². The highest BCUT2D eigenvalue weighted by molar-refractivity contribution is 4.96. The number of piperidine rings is 1. The maximum absolute atomic E-state index is 6.05. The van der Waals surface area contributed by atoms with Crippen molar-refractivity contribution in [1.29, 1.82) is 0 Å². The van der Waals surface area contributed by atoms with E-state index in [2.05, 4.69) is 18.9 Å². The lowest BCUT2D eigenvalue weighted by molar-refractivity contribution is -0.0167. The van der Waals surface area contributed by atoms with E-state index in [0.29, 0.717) is 6.23 Å². The van der Waals surface area contributed by atoms with E-state index >= 15 is 0 Å². The standard InChI is InChI=1S/C15H27NO3/c1-4-15(2,9-17-3)10-18-8-13-6-11-5-12(13)7-16-14(11)19-16/h11-14H,4-10H2,1-3H3. The first-order chi connectivity index (χ1) is 9.15. The van der Waals surface area contributed by atoms with Crippen molar-refractivity contribution >= 4 is 0 Å². The smallest absolute Gasteiger partial charge is 0.157 e. The highest BCUT2D eigenvalue weighted by Gasteiger charge is 2.55. The third kappa shape index (κ3) is 2.82. The fraction of sp³-hybridized carbons (Fsp3) is 1.00. The topological polar surface area (TPSA) is 34.0 Å². The van der Waals surface area contributed by atoms with Gasteiger partial charge in [-0.1, -0.05) is 13.8 Å². The summed E-state index contributed by atoms with van der Waals surface area (Å²) >= 11 is 0. The number of ether oxygens (including phenoxy) is 2. The minimum atomic E-state index is 0.164. The summed E-state index contributed by atoms with van der Waals surface area (Å²) in [5.41, 5.74) is 0.164. The van der Waals surface area contributed by atoms with E-state index in [4.69, 9.17) is 14.3 Å². The molecule has 4 nitrogen and oxygen atoms in total. The summed E-state index contributed by atoms with van der Waals surface area (Å²) in [5.74, 6) is 2.30. The zero-order valence-corrected chi connectivity index (χ0v) is 12.4. The molecule has 0 spiro atoms. The first-order valence-corrected chi connectivity index (χ1v) is 7.65. The van der Waals surface area contributed by atoms with Gasteiger partial charge in [0.1, 0.15) is 0 Å². The van der Waals surface area contributed by atoms with Crippen LogP contribution in [0.25, 0.3) is 0 Å². The van der Waals surface area contributed by atoms with E-state index in [9.17, 15) is 0 Å². The minimum Gasteiger partial charge on any atom is -0.384 e. The fourth-order valence-electron chi connectivity index (χ4n) is 3.78. The predicted octanol–water partition coefficient (Wildman–Crippen LogP) is 2.29. The van der Waals surface area contributed by atoms with Crippen molar-refractivity contribution in [2.75, 3.05) is 33.5 Å². The van der Waals surface area contributed by atoms with Crippen LogP contribution in [0.4, 0.5) is 0 Å². The molecule has 0 radical (unpaired) electrons. The van der Waals surface area contributed by atoms with Gasteiger partial charge in [0.2, 0.25) is 0 Å². The number of hydrogen-bond donors (Lipinski definition) is 0. The van der Waals surface area contributed by atoms with Gasteiger partial charge in [-0.15, -0.1) is 0 Å². The Morgan fingerprint density at radius 3 is 2.84 bits per heavy atom. The lowest BCUT2D eigenvalue weighted by Crippen LogP contribution is -2.30. The van der Waals surface area contributed by atoms with Crippen molar-refractivity contribution in [1.82, 2.24) is 5.06 Å². The maximum atomic E-state index is 6.05. The molecule has 3 fully saturated rings. The Bertz CT molecular complexity index is 323. The van der Waals surface area contributed by atoms with Gasteiger partial charge in [-0.05, 0) is 31.1 Å². The van der Waals surface area contributed by atoms with E-state index in [0.717, 1.165) is 50.5 Å². The Balaban J connectivity index is 1.43. The fourth-order valence-corrected chi connectivity index (χ4v) is 3.78. The molecule has 2 bridgehead atoms. The second-order valence-electron chi connectivity index (χ2n) is 6.96. The van der Waals surface area contributed by atoms with Crippen LogP contribution in [0.15, 0.2) is 0 Å². The largest absolute Gasteiger partial charge is 0.384 e. The third-order valence-electron chi connectivity index (χ3n) is 5.31. The van der Waals surface area contributed by atoms with Crippen LogP contribution in [0.3, 0.4) is 0 Å². The summed E-state index contributed by atoms with van der Waals surface area (Å²) in [6.45, 7) is 8.10. The highest BCUT2D eigenvalue weighted by Crippen LogP contribution is 2.50. The molecule has 0 aromatic rings. The van der Waals surface area contributed by atoms with Crippen molar-refractivity contribution in [2.45, 2.75) is 39.3 Å². The van der Waals surface area contributed by atoms with Crippen molar-refractivity contribution in [3.05, 3.63) is 0 Å². The Morgan fingerprint density at radius 2 is 2.11 bits per heavy atom. The molecule has 1 saturated carbocycles. The summed E-state index contributed by atoms with van der Waals surface area (Å²) in [4.78, 5) is 5.54. The summed E-state index contributed by atoms with van der Waals surface area (Å²) in [6.07, 6.45) is 4.19. The molecular weight excluding hydrogens is 242 g/mol. The molecule has 0 amide bonds. The molecule has 6 unspecified atom stereocenters. The molecule has 2 aliphatic heterocycles. The first kappa shape index (κ1) is 13.8. The molecule has 4 heteroatoms. The molecule has 110 valence electrons. The number of nitrogens with zero attached hydrogens (tertiary/aromatic N) is 1. The van der Waals surface area contributed by atoms with Gasteiger partial charge < -0.3 is 9.47 Å². The SMILES string of the molecule is CCC(C)(COC)COCC1CC2CC1CN1OC21. The predicted molar refractivity (Wildman–Crippen MR) is 72.4 cm³/mol. The maximum Gasteiger partial charge on any atom is 0.157 e. The van der Waals surface area contributed by atoms with Crippen molar-refractivity contribution in [3.8, 4) is 0 Å². The van der Waals surface area contributed by atoms with Crippen LogP contribution < -0.4 is 0 Å². The molecule has 0 aromatic carbocycles. The van der Waals surface area contributed by atoms with Crippen LogP contribution in [0.5, 0.6) is 0 Å². The molecule has 19 heavy (non-hydrogen) atoms. The van der Waals surface area contributed by atoms with E-state index in [1.807, 2.05) is 0 Å². The van der Waals surface area contributed by atoms with Gasteiger partial charge in [-0.25, -0.2) is 0 Å². The molecule has 1 aliphatic carbocycles. The molecular formula is C15H27NO3. The summed E-state index contributed by atoms with van der Waals surface area (Å²) < 4.78 is 11.4. The van der Waals surface area contributed by atoms with Crippen LogP contribution in [-0.2, 0) is 14.3 Å². The van der Waals surface area contributed by atoms with Gasteiger partial charge in [-0.3, -0.25) is 4.84 Å². The normalized spacial score (nSPS) is 42.8. The average molecular weight is 269 g/mol. The molecule has 3 aliphatic rings. The monoisotopic (exact) mass is 269 g/mol. The van der Waals surface area contributed by atoms with Gasteiger partial charge in [-0.2, -0.15) is 5.06 Å². The van der Waals surface area contributed by atoms with Gasteiger partial charge in [0.15, 0.2) is 6.23 Å². The summed E-state index contributed by atoms with van der Waals surface area (Å²) in [5, 5.41) is 2.17. The highest BCUT2D eigenvalue weighted by atomic mass is 16.8. The number of fused-ring (bicyclic) bond motifs is 4. The molecule has 3 rings (SSSR count). The Hall–Kier alpha value is -0.160. The molecule has 0 N–H and O–H groups in total. The van der Waals surface area contributed by atoms with Crippen LogP contribution >= 0.6 is 0 Å². The summed E-state index contributed by atoms with van der Waals surface area (Å²) in [7, 11) is 1.77. The first-order valence-electron chi connectivity index (χ1n) is 7.65. The third-order valence-corrected chi connectivity index (χ3v) is 5.31. The molecule has 2 heterocycles. The Morgan fingerprint density at radius 1 is 1.26 bits per heavy atom. The van der Waals surface area contributed by atoms with Gasteiger partial charge in [0, 0.05) is 31.6 Å². The zero-order valence-electron chi connectivity index (χ0n) is 12.4. The lowest BCUT2D eigenvalue weighted by atomic mass is 9.89. The quantitative estimate of drug-likeness (QED) is 0.664. The van der Waals surface area contributed by atoms with Crippen molar-refractivity contribution in [2.24, 2.45) is 23.2 Å². The number of methoxy groups -OCH3 is 1. The second kappa shape index (κ2) is 5.32. The van der Waals surface area contributed by atoms with Crippen LogP contribution in [0, 0.1) is 23.2 Å². The van der Waals surface area contributed by atoms with Gasteiger partial charge in [0.05, 0.1) is 13.2 Å². The number of rotatable bonds is 7. The van der Waals surface area contributed by atoms with E-state index in [1.165, 1.54) is 12.8 Å². The van der Waals surface area contributed by atoms with Gasteiger partial charge >= 0.3 is 0 Å². The average Bonchev–Trinajstić information content (AvgIpc) is 3.09. The molecule has 2 saturated heterocycles. The zero-order chi connectivity index (χ0) is 13.5. The Kier molecular flexibility index (Phi) is 3.87. The van der Waals surface area contributed by atoms with E-state index in [-0.39, 0.29) is 5.41 Å². The molecule has 6 atom stereocenters. The van der Waals surface area contributed by atoms with Crippen molar-refractivity contribution < 1.29 is 14.3 Å². The van der Waals surface area contributed by atoms with Crippen molar-refractivity contribution in [3.63, 3.8) is 0 Å². The number of hydroxylamine groups is 2. The lowest BCUT2D eigenvalue weighted by Gasteiger charge is -2.28. The van der Waals surface area contributed by atoms with Crippen LogP contribution in [-0.4, -0.2) is 44.8 Å². The second-order valence-corrected chi connectivity index (χ2v) is 6.96. The molecule has 0 aromatic heterocycles. The Labute approximate surface area is 116 Å². The van der Waals surface area contributed by atoms with Crippen LogP contribution in [0.1, 0.15) is 33.1 Å². The van der Waals surface area contributed by atoms with E-state index in [1.54, 1.807) is 7.11 Å².